The number of aliphatic imine (C=N–C) groups is 1. The van der Waals surface area contributed by atoms with Gasteiger partial charge in [-0.25, -0.2) is 0 Å². The Morgan fingerprint density at radius 3 is 2.69 bits per heavy atom. The van der Waals surface area contributed by atoms with Gasteiger partial charge in [-0.15, -0.1) is 0 Å². The van der Waals surface area contributed by atoms with E-state index in [-0.39, 0.29) is 12.3 Å². The lowest BCUT2D eigenvalue weighted by atomic mass is 10.2. The molecule has 142 valence electrons. The van der Waals surface area contributed by atoms with Gasteiger partial charge in [0.2, 0.25) is 0 Å². The summed E-state index contributed by atoms with van der Waals surface area (Å²) in [6.07, 6.45) is 0.672. The van der Waals surface area contributed by atoms with E-state index in [1.54, 1.807) is 19.2 Å². The molecule has 0 atom stereocenters. The van der Waals surface area contributed by atoms with E-state index < -0.39 is 6.61 Å². The number of nitrogens with zero attached hydrogens (tertiary/aromatic N) is 1. The molecule has 0 unspecified atom stereocenters. The van der Waals surface area contributed by atoms with E-state index in [1.165, 1.54) is 13.2 Å². The van der Waals surface area contributed by atoms with Gasteiger partial charge in [-0.2, -0.15) is 8.78 Å². The molecule has 0 bridgehead atoms. The van der Waals surface area contributed by atoms with Gasteiger partial charge in [0, 0.05) is 32.1 Å². The highest BCUT2D eigenvalue weighted by Crippen LogP contribution is 2.25. The predicted molar refractivity (Wildman–Crippen MR) is 97.9 cm³/mol. The van der Waals surface area contributed by atoms with E-state index in [4.69, 9.17) is 9.15 Å². The third-order valence-corrected chi connectivity index (χ3v) is 3.87. The summed E-state index contributed by atoms with van der Waals surface area (Å²) in [5, 5.41) is 6.19. The number of nitrogens with one attached hydrogen (secondary N) is 2. The molecule has 0 aliphatic heterocycles. The van der Waals surface area contributed by atoms with Crippen LogP contribution in [0.4, 0.5) is 8.78 Å². The van der Waals surface area contributed by atoms with Crippen LogP contribution in [-0.2, 0) is 13.0 Å². The molecule has 0 aliphatic carbocycles. The summed E-state index contributed by atoms with van der Waals surface area (Å²) in [5.74, 6) is 2.00. The van der Waals surface area contributed by atoms with Crippen molar-refractivity contribution in [1.29, 1.82) is 0 Å². The Kier molecular flexibility index (Phi) is 7.71. The van der Waals surface area contributed by atoms with Gasteiger partial charge >= 0.3 is 6.61 Å². The Morgan fingerprint density at radius 1 is 1.27 bits per heavy atom. The van der Waals surface area contributed by atoms with Gasteiger partial charge in [0.1, 0.15) is 17.3 Å². The fourth-order valence-corrected chi connectivity index (χ4v) is 2.56. The first-order valence-electron chi connectivity index (χ1n) is 7.82. The average molecular weight is 432 g/mol. The number of alkyl halides is 2. The molecule has 0 saturated carbocycles. The predicted octanol–water partition coefficient (Wildman–Crippen LogP) is 3.56. The molecule has 1 heterocycles. The summed E-state index contributed by atoms with van der Waals surface area (Å²) >= 11 is 3.25. The van der Waals surface area contributed by atoms with Gasteiger partial charge in [-0.1, -0.05) is 0 Å². The van der Waals surface area contributed by atoms with E-state index in [9.17, 15) is 8.78 Å². The van der Waals surface area contributed by atoms with Crippen LogP contribution in [0.2, 0.25) is 0 Å². The van der Waals surface area contributed by atoms with E-state index >= 15 is 0 Å². The minimum atomic E-state index is -2.90. The van der Waals surface area contributed by atoms with Crippen LogP contribution < -0.4 is 20.1 Å². The van der Waals surface area contributed by atoms with Gasteiger partial charge in [0.05, 0.1) is 7.11 Å². The van der Waals surface area contributed by atoms with Crippen LogP contribution in [0.5, 0.6) is 11.5 Å². The molecule has 0 spiro atoms. The van der Waals surface area contributed by atoms with Crippen molar-refractivity contribution in [2.45, 2.75) is 19.6 Å². The summed E-state index contributed by atoms with van der Waals surface area (Å²) in [6.45, 7) is -2.06. The van der Waals surface area contributed by atoms with Crippen molar-refractivity contribution in [1.82, 2.24) is 10.6 Å². The van der Waals surface area contributed by atoms with Crippen LogP contribution in [0.25, 0.3) is 0 Å². The highest BCUT2D eigenvalue weighted by Gasteiger charge is 2.11. The molecule has 1 aromatic carbocycles. The van der Waals surface area contributed by atoms with Crippen LogP contribution in [0.1, 0.15) is 11.3 Å². The van der Waals surface area contributed by atoms with Gasteiger partial charge in [0.15, 0.2) is 10.6 Å². The molecule has 2 aromatic rings. The van der Waals surface area contributed by atoms with Crippen LogP contribution in [0.15, 0.2) is 44.4 Å². The lowest BCUT2D eigenvalue weighted by molar-refractivity contribution is -0.0504. The number of halogens is 3. The molecule has 9 heteroatoms. The minimum absolute atomic E-state index is 0.0872. The molecule has 0 aliphatic rings. The fourth-order valence-electron chi connectivity index (χ4n) is 2.22. The molecule has 0 amide bonds. The highest BCUT2D eigenvalue weighted by molar-refractivity contribution is 9.10. The van der Waals surface area contributed by atoms with Crippen LogP contribution in [0, 0.1) is 0 Å². The monoisotopic (exact) mass is 431 g/mol. The molecule has 26 heavy (non-hydrogen) atoms. The Bertz CT molecular complexity index is 738. The molecule has 0 saturated heterocycles. The van der Waals surface area contributed by atoms with E-state index in [0.29, 0.717) is 34.9 Å². The zero-order chi connectivity index (χ0) is 18.9. The third-order valence-electron chi connectivity index (χ3n) is 3.45. The van der Waals surface area contributed by atoms with E-state index in [0.717, 1.165) is 5.76 Å². The number of ether oxygens (including phenoxy) is 2. The highest BCUT2D eigenvalue weighted by atomic mass is 79.9. The van der Waals surface area contributed by atoms with Crippen LogP contribution >= 0.6 is 15.9 Å². The second-order valence-corrected chi connectivity index (χ2v) is 5.94. The van der Waals surface area contributed by atoms with E-state index in [2.05, 4.69) is 36.3 Å². The Hall–Kier alpha value is -2.29. The third kappa shape index (κ3) is 6.21. The zero-order valence-corrected chi connectivity index (χ0v) is 16.0. The van der Waals surface area contributed by atoms with E-state index in [1.807, 2.05) is 12.1 Å². The normalized spacial score (nSPS) is 11.5. The quantitative estimate of drug-likeness (QED) is 0.493. The van der Waals surface area contributed by atoms with Crippen LogP contribution in [0.3, 0.4) is 0 Å². The lowest BCUT2D eigenvalue weighted by Crippen LogP contribution is -2.37. The average Bonchev–Trinajstić information content (AvgIpc) is 3.03. The number of benzene rings is 1. The first kappa shape index (κ1) is 20.0. The summed E-state index contributed by atoms with van der Waals surface area (Å²) in [5.41, 5.74) is 0.530. The summed E-state index contributed by atoms with van der Waals surface area (Å²) < 4.78 is 40.9. The molecule has 2 N–H and O–H groups in total. The van der Waals surface area contributed by atoms with Gasteiger partial charge in [-0.3, -0.25) is 4.99 Å². The number of hydrogen-bond acceptors (Lipinski definition) is 4. The van der Waals surface area contributed by atoms with Gasteiger partial charge in [0.25, 0.3) is 0 Å². The van der Waals surface area contributed by atoms with Crippen molar-refractivity contribution in [3.8, 4) is 11.5 Å². The molecule has 0 fully saturated rings. The topological polar surface area (TPSA) is 68.0 Å². The van der Waals surface area contributed by atoms with Crippen molar-refractivity contribution in [3.05, 3.63) is 46.3 Å². The van der Waals surface area contributed by atoms with Crippen molar-refractivity contribution in [3.63, 3.8) is 0 Å². The molecular formula is C17H20BrF2N3O3. The maximum Gasteiger partial charge on any atom is 0.387 e. The zero-order valence-electron chi connectivity index (χ0n) is 14.4. The Labute approximate surface area is 158 Å². The molecular weight excluding hydrogens is 412 g/mol. The first-order valence-corrected chi connectivity index (χ1v) is 8.61. The van der Waals surface area contributed by atoms with Crippen LogP contribution in [-0.4, -0.2) is 33.3 Å². The lowest BCUT2D eigenvalue weighted by Gasteiger charge is -2.15. The Morgan fingerprint density at radius 2 is 2.08 bits per heavy atom. The second kappa shape index (κ2) is 10.0. The first-order chi connectivity index (χ1) is 12.5. The number of rotatable bonds is 8. The minimum Gasteiger partial charge on any atom is -0.497 e. The van der Waals surface area contributed by atoms with Crippen molar-refractivity contribution in [2.24, 2.45) is 4.99 Å². The molecule has 2 rings (SSSR count). The second-order valence-electron chi connectivity index (χ2n) is 5.16. The van der Waals surface area contributed by atoms with Crippen molar-refractivity contribution < 1.29 is 22.7 Å². The maximum absolute atomic E-state index is 12.6. The maximum atomic E-state index is 12.6. The summed E-state index contributed by atoms with van der Waals surface area (Å²) in [4.78, 5) is 4.11. The fraction of sp³-hybridized carbons (Fsp3) is 0.353. The summed E-state index contributed by atoms with van der Waals surface area (Å²) in [6, 6.07) is 8.36. The number of hydrogen-bond donors (Lipinski definition) is 2. The molecule has 1 aromatic heterocycles. The molecule has 6 nitrogen and oxygen atoms in total. The van der Waals surface area contributed by atoms with Gasteiger partial charge in [-0.05, 0) is 46.3 Å². The number of methoxy groups -OCH3 is 1. The Balaban J connectivity index is 1.92. The van der Waals surface area contributed by atoms with Gasteiger partial charge < -0.3 is 24.5 Å². The van der Waals surface area contributed by atoms with Crippen molar-refractivity contribution in [2.75, 3.05) is 20.7 Å². The van der Waals surface area contributed by atoms with Crippen molar-refractivity contribution >= 4 is 21.9 Å². The number of guanidine groups is 1. The summed E-state index contributed by atoms with van der Waals surface area (Å²) in [7, 11) is 3.13. The molecule has 0 radical (unpaired) electrons. The standard InChI is InChI=1S/C17H20BrF2N3O3/c1-21-17(22-8-7-12-4-6-15(18)25-12)23-10-11-9-13(24-2)3-5-14(11)26-16(19)20/h3-6,9,16H,7-8,10H2,1-2H3,(H2,21,22,23). The SMILES string of the molecule is CN=C(NCCc1ccc(Br)o1)NCc1cc(OC)ccc1OC(F)F. The largest absolute Gasteiger partial charge is 0.497 e. The smallest absolute Gasteiger partial charge is 0.387 e. The number of furan rings is 1.